The average Bonchev–Trinajstić information content (AvgIpc) is 2.03. The molecular weight excluding hydrogens is 355 g/mol. The Labute approximate surface area is 86.7 Å². The van der Waals surface area contributed by atoms with Crippen LogP contribution in [0.3, 0.4) is 0 Å². The van der Waals surface area contributed by atoms with E-state index in [0.717, 1.165) is 0 Å². The van der Waals surface area contributed by atoms with Gasteiger partial charge in [0.25, 0.3) is 0 Å². The molecule has 48 valence electrons. The van der Waals surface area contributed by atoms with Gasteiger partial charge in [-0.15, -0.1) is 0 Å². The fourth-order valence-electron chi connectivity index (χ4n) is 0. The van der Waals surface area contributed by atoms with Gasteiger partial charge in [-0.2, -0.15) is 0 Å². The third kappa shape index (κ3) is 221. The van der Waals surface area contributed by atoms with Crippen molar-refractivity contribution < 1.29 is 45.0 Å². The van der Waals surface area contributed by atoms with Crippen LogP contribution in [0.2, 0.25) is 0 Å². The molecule has 0 heterocycles. The molecule has 12 radical (unpaired) electrons. The minimum absolute atomic E-state index is 0. The Morgan fingerprint density at radius 1 is 0.444 bits per heavy atom. The van der Waals surface area contributed by atoms with Gasteiger partial charge in [0.1, 0.15) is 0 Å². The Balaban J connectivity index is -0.00000000762. The minimum Gasteiger partial charge on any atom is -0.433 e. The largest absolute Gasteiger partial charge is 0.433 e. The molecule has 0 saturated heterocycles. The van der Waals surface area contributed by atoms with E-state index in [0.29, 0.717) is 0 Å². The van der Waals surface area contributed by atoms with Crippen molar-refractivity contribution >= 4 is 41.9 Å². The molecule has 9 heavy (non-hydrogen) atoms. The van der Waals surface area contributed by atoms with Gasteiger partial charge in [-0.1, -0.05) is 0 Å². The van der Waals surface area contributed by atoms with Gasteiger partial charge in [-0.25, -0.2) is 0 Å². The van der Waals surface area contributed by atoms with E-state index >= 15 is 0 Å². The summed E-state index contributed by atoms with van der Waals surface area (Å²) in [7, 11) is 7.89. The van der Waals surface area contributed by atoms with Crippen LogP contribution in [-0.4, -0.2) is 61.1 Å². The fraction of sp³-hybridized carbons (Fsp3) is 0. The molecule has 4 nitrogen and oxygen atoms in total. The second-order valence-electron chi connectivity index (χ2n) is 0. The summed E-state index contributed by atoms with van der Waals surface area (Å²) in [4.78, 5) is 27.2. The summed E-state index contributed by atoms with van der Waals surface area (Å²) < 4.78 is 0. The molecule has 0 bridgehead atoms. The van der Waals surface area contributed by atoms with E-state index in [2.05, 4.69) is 0 Å². The first-order valence-electron chi connectivity index (χ1n) is 0.894. The first-order valence-corrected chi connectivity index (χ1v) is 2.68. The molecule has 0 rings (SSSR count). The third-order valence-electron chi connectivity index (χ3n) is 0. The Hall–Kier alpha value is 1.58. The molecule has 0 aromatic rings. The SMILES string of the molecule is O[Si].O[Si].O[Si].O[Si].[Hf]. The molecular formula is H4HfO4Si4. The topological polar surface area (TPSA) is 80.9 Å². The molecule has 4 N–H and O–H groups in total. The predicted octanol–water partition coefficient (Wildman–Crippen LogP) is -3.75. The van der Waals surface area contributed by atoms with Gasteiger partial charge in [0.15, 0.2) is 0 Å². The average molecular weight is 359 g/mol. The second kappa shape index (κ2) is 283. The van der Waals surface area contributed by atoms with Crippen LogP contribution in [0.4, 0.5) is 0 Å². The predicted molar refractivity (Wildman–Crippen MR) is 31.9 cm³/mol. The molecule has 0 unspecified atom stereocenters. The van der Waals surface area contributed by atoms with Crippen molar-refractivity contribution in [3.8, 4) is 0 Å². The van der Waals surface area contributed by atoms with Crippen molar-refractivity contribution in [3.05, 3.63) is 0 Å². The maximum absolute atomic E-state index is 6.81. The normalized spacial score (nSPS) is 2.67. The van der Waals surface area contributed by atoms with Gasteiger partial charge >= 0.3 is 0 Å². The van der Waals surface area contributed by atoms with E-state index in [1.165, 1.54) is 0 Å². The molecule has 0 atom stereocenters. The fourth-order valence-corrected chi connectivity index (χ4v) is 0. The summed E-state index contributed by atoms with van der Waals surface area (Å²) >= 11 is 0. The zero-order valence-electron chi connectivity index (χ0n) is 4.29. The van der Waals surface area contributed by atoms with Crippen LogP contribution in [0.1, 0.15) is 0 Å². The van der Waals surface area contributed by atoms with Crippen molar-refractivity contribution in [2.24, 2.45) is 0 Å². The Morgan fingerprint density at radius 3 is 0.444 bits per heavy atom. The van der Waals surface area contributed by atoms with Crippen LogP contribution in [0, 0.1) is 0 Å². The molecule has 0 aliphatic carbocycles. The van der Waals surface area contributed by atoms with Crippen LogP contribution in [0.25, 0.3) is 0 Å². The van der Waals surface area contributed by atoms with Crippen LogP contribution in [0.5, 0.6) is 0 Å². The second-order valence-corrected chi connectivity index (χ2v) is 0. The standard InChI is InChI=1S/Hf.4HOSi/c;4*1-2/h;4*1H. The maximum Gasteiger partial charge on any atom is 0.240 e. The van der Waals surface area contributed by atoms with Gasteiger partial charge < -0.3 is 19.2 Å². The van der Waals surface area contributed by atoms with Gasteiger partial charge in [0, 0.05) is 25.8 Å². The van der Waals surface area contributed by atoms with Gasteiger partial charge in [0.2, 0.25) is 41.9 Å². The van der Waals surface area contributed by atoms with Crippen LogP contribution in [-0.2, 0) is 25.8 Å². The first-order chi connectivity index (χ1) is 4.00. The van der Waals surface area contributed by atoms with E-state index in [1.54, 1.807) is 0 Å². The first kappa shape index (κ1) is 31.2. The molecule has 0 spiro atoms. The summed E-state index contributed by atoms with van der Waals surface area (Å²) in [6, 6.07) is 0. The molecule has 0 aromatic heterocycles. The zero-order chi connectivity index (χ0) is 8.00. The van der Waals surface area contributed by atoms with E-state index in [1.807, 2.05) is 41.9 Å². The summed E-state index contributed by atoms with van der Waals surface area (Å²) in [5, 5.41) is 0. The number of rotatable bonds is 0. The smallest absolute Gasteiger partial charge is 0.240 e. The summed E-state index contributed by atoms with van der Waals surface area (Å²) in [6.45, 7) is 0. The van der Waals surface area contributed by atoms with E-state index in [9.17, 15) is 0 Å². The number of hydrogen-bond donors (Lipinski definition) is 4. The summed E-state index contributed by atoms with van der Waals surface area (Å²) in [6.07, 6.45) is 0. The van der Waals surface area contributed by atoms with Gasteiger partial charge in [0.05, 0.1) is 0 Å². The monoisotopic (exact) mass is 360 g/mol. The van der Waals surface area contributed by atoms with Gasteiger partial charge in [-0.3, -0.25) is 0 Å². The molecule has 0 aliphatic rings. The van der Waals surface area contributed by atoms with Crippen LogP contribution < -0.4 is 0 Å². The van der Waals surface area contributed by atoms with Crippen molar-refractivity contribution in [2.75, 3.05) is 0 Å². The van der Waals surface area contributed by atoms with Crippen molar-refractivity contribution in [2.45, 2.75) is 0 Å². The molecule has 0 aromatic carbocycles. The minimum atomic E-state index is 0. The van der Waals surface area contributed by atoms with E-state index < -0.39 is 0 Å². The van der Waals surface area contributed by atoms with Gasteiger partial charge in [-0.05, 0) is 0 Å². The van der Waals surface area contributed by atoms with Crippen molar-refractivity contribution in [1.29, 1.82) is 0 Å². The van der Waals surface area contributed by atoms with Crippen molar-refractivity contribution in [3.63, 3.8) is 0 Å². The molecule has 0 fully saturated rings. The zero-order valence-corrected chi connectivity index (χ0v) is 11.9. The van der Waals surface area contributed by atoms with E-state index in [-0.39, 0.29) is 25.8 Å². The van der Waals surface area contributed by atoms with E-state index in [4.69, 9.17) is 19.2 Å². The third-order valence-corrected chi connectivity index (χ3v) is 0. The molecule has 9 heteroatoms. The molecule has 0 saturated carbocycles. The Bertz CT molecular complexity index is 12.5. The maximum atomic E-state index is 6.81. The van der Waals surface area contributed by atoms with Crippen LogP contribution >= 0.6 is 0 Å². The number of hydrogen-bond acceptors (Lipinski definition) is 4. The van der Waals surface area contributed by atoms with Crippen molar-refractivity contribution in [1.82, 2.24) is 0 Å². The molecule has 0 amide bonds. The summed E-state index contributed by atoms with van der Waals surface area (Å²) in [5.41, 5.74) is 0. The van der Waals surface area contributed by atoms with Crippen LogP contribution in [0.15, 0.2) is 0 Å². The Kier molecular flexibility index (Phi) is 981. The quantitative estimate of drug-likeness (QED) is 0.335. The Morgan fingerprint density at radius 2 is 0.444 bits per heavy atom. The summed E-state index contributed by atoms with van der Waals surface area (Å²) in [5.74, 6) is 0. The molecule has 0 aliphatic heterocycles.